The number of aromatic nitrogens is 3. The summed E-state index contributed by atoms with van der Waals surface area (Å²) in [6, 6.07) is 0.342. The van der Waals surface area contributed by atoms with Gasteiger partial charge in [-0.05, 0) is 26.7 Å². The third kappa shape index (κ3) is 2.26. The highest BCUT2D eigenvalue weighted by molar-refractivity contribution is 5.16. The van der Waals surface area contributed by atoms with Crippen LogP contribution < -0.4 is 0 Å². The molecule has 0 bridgehead atoms. The molecule has 1 atom stereocenters. The molecule has 1 aliphatic rings. The fourth-order valence-electron chi connectivity index (χ4n) is 1.95. The van der Waals surface area contributed by atoms with Crippen LogP contribution in [0.15, 0.2) is 18.0 Å². The van der Waals surface area contributed by atoms with Crippen molar-refractivity contribution in [1.82, 2.24) is 14.8 Å². The van der Waals surface area contributed by atoms with Crippen LogP contribution >= 0.6 is 0 Å². The van der Waals surface area contributed by atoms with Gasteiger partial charge in [0.15, 0.2) is 0 Å². The average molecular weight is 207 g/mol. The summed E-state index contributed by atoms with van der Waals surface area (Å²) in [5.74, 6) is 0.991. The zero-order chi connectivity index (χ0) is 10.8. The van der Waals surface area contributed by atoms with Crippen LogP contribution in [0.25, 0.3) is 0 Å². The molecule has 1 aliphatic carbocycles. The number of hydrogen-bond acceptors (Lipinski definition) is 3. The third-order valence-corrected chi connectivity index (χ3v) is 2.71. The topological polar surface area (TPSA) is 50.9 Å². The van der Waals surface area contributed by atoms with Crippen LogP contribution in [0, 0.1) is 0 Å². The van der Waals surface area contributed by atoms with E-state index < -0.39 is 0 Å². The van der Waals surface area contributed by atoms with E-state index in [0.29, 0.717) is 6.04 Å². The second-order valence-corrected chi connectivity index (χ2v) is 4.32. The molecular weight excluding hydrogens is 190 g/mol. The number of rotatable bonds is 3. The predicted molar refractivity (Wildman–Crippen MR) is 57.4 cm³/mol. The van der Waals surface area contributed by atoms with Gasteiger partial charge in [-0.25, -0.2) is 9.67 Å². The van der Waals surface area contributed by atoms with Gasteiger partial charge in [0.05, 0.1) is 6.10 Å². The molecule has 0 aromatic carbocycles. The van der Waals surface area contributed by atoms with Crippen LogP contribution in [0.2, 0.25) is 0 Å². The Balaban J connectivity index is 2.11. The summed E-state index contributed by atoms with van der Waals surface area (Å²) in [6.07, 6.45) is 5.93. The van der Waals surface area contributed by atoms with Crippen LogP contribution in [0.1, 0.15) is 38.6 Å². The van der Waals surface area contributed by atoms with Gasteiger partial charge in [0.1, 0.15) is 12.2 Å². The van der Waals surface area contributed by atoms with Crippen molar-refractivity contribution >= 4 is 0 Å². The second kappa shape index (κ2) is 4.14. The fraction of sp³-hybridized carbons (Fsp3) is 0.636. The molecule has 15 heavy (non-hydrogen) atoms. The molecule has 2 rings (SSSR count). The highest BCUT2D eigenvalue weighted by Crippen LogP contribution is 2.22. The minimum absolute atomic E-state index is 0.254. The number of aliphatic hydroxyl groups is 1. The molecule has 82 valence electrons. The average Bonchev–Trinajstić information content (AvgIpc) is 2.75. The van der Waals surface area contributed by atoms with Gasteiger partial charge < -0.3 is 5.11 Å². The molecule has 1 aromatic rings. The van der Waals surface area contributed by atoms with Crippen molar-refractivity contribution in [3.63, 3.8) is 0 Å². The first kappa shape index (κ1) is 10.4. The lowest BCUT2D eigenvalue weighted by Crippen LogP contribution is -2.08. The molecule has 0 saturated carbocycles. The molecule has 0 fully saturated rings. The Morgan fingerprint density at radius 1 is 1.60 bits per heavy atom. The van der Waals surface area contributed by atoms with Gasteiger partial charge >= 0.3 is 0 Å². The summed E-state index contributed by atoms with van der Waals surface area (Å²) in [7, 11) is 0. The molecular formula is C11H17N3O. The van der Waals surface area contributed by atoms with E-state index >= 15 is 0 Å². The zero-order valence-electron chi connectivity index (χ0n) is 9.22. The van der Waals surface area contributed by atoms with Crippen molar-refractivity contribution in [2.24, 2.45) is 0 Å². The molecule has 1 heterocycles. The minimum Gasteiger partial charge on any atom is -0.389 e. The Morgan fingerprint density at radius 2 is 2.40 bits per heavy atom. The van der Waals surface area contributed by atoms with Crippen LogP contribution in [0.3, 0.4) is 0 Å². The van der Waals surface area contributed by atoms with E-state index in [0.717, 1.165) is 25.1 Å². The molecule has 0 radical (unpaired) electrons. The SMILES string of the molecule is CC(C)n1ncnc1CC1=CC(O)CC1. The standard InChI is InChI=1S/C11H17N3O/c1-8(2)14-11(12-7-13-14)6-9-3-4-10(15)5-9/h5,7-8,10,15H,3-4,6H2,1-2H3. The zero-order valence-corrected chi connectivity index (χ0v) is 9.22. The van der Waals surface area contributed by atoms with E-state index in [1.807, 2.05) is 10.8 Å². The van der Waals surface area contributed by atoms with Crippen molar-refractivity contribution in [2.75, 3.05) is 0 Å². The van der Waals surface area contributed by atoms with Gasteiger partial charge in [0, 0.05) is 12.5 Å². The largest absolute Gasteiger partial charge is 0.389 e. The van der Waals surface area contributed by atoms with Crippen molar-refractivity contribution in [2.45, 2.75) is 45.3 Å². The number of nitrogens with zero attached hydrogens (tertiary/aromatic N) is 3. The van der Waals surface area contributed by atoms with Gasteiger partial charge in [-0.15, -0.1) is 0 Å². The maximum absolute atomic E-state index is 9.39. The molecule has 0 saturated heterocycles. The highest BCUT2D eigenvalue weighted by atomic mass is 16.3. The molecule has 0 aliphatic heterocycles. The Hall–Kier alpha value is -1.16. The van der Waals surface area contributed by atoms with E-state index in [1.54, 1.807) is 6.33 Å². The van der Waals surface area contributed by atoms with E-state index in [9.17, 15) is 5.11 Å². The van der Waals surface area contributed by atoms with E-state index in [4.69, 9.17) is 0 Å². The van der Waals surface area contributed by atoms with Gasteiger partial charge in [0.2, 0.25) is 0 Å². The maximum atomic E-state index is 9.39. The fourth-order valence-corrected chi connectivity index (χ4v) is 1.95. The van der Waals surface area contributed by atoms with Crippen LogP contribution in [0.4, 0.5) is 0 Å². The first-order valence-electron chi connectivity index (χ1n) is 5.43. The monoisotopic (exact) mass is 207 g/mol. The highest BCUT2D eigenvalue weighted by Gasteiger charge is 2.16. The summed E-state index contributed by atoms with van der Waals surface area (Å²) in [4.78, 5) is 4.26. The Morgan fingerprint density at radius 3 is 3.00 bits per heavy atom. The quantitative estimate of drug-likeness (QED) is 0.764. The van der Waals surface area contributed by atoms with Crippen LogP contribution in [-0.4, -0.2) is 26.0 Å². The summed E-state index contributed by atoms with van der Waals surface area (Å²) in [5.41, 5.74) is 1.28. The number of hydrogen-bond donors (Lipinski definition) is 1. The van der Waals surface area contributed by atoms with Crippen molar-refractivity contribution < 1.29 is 5.11 Å². The molecule has 0 amide bonds. The van der Waals surface area contributed by atoms with Crippen molar-refractivity contribution in [1.29, 1.82) is 0 Å². The Kier molecular flexibility index (Phi) is 2.86. The lowest BCUT2D eigenvalue weighted by molar-refractivity contribution is 0.223. The van der Waals surface area contributed by atoms with Crippen LogP contribution in [0.5, 0.6) is 0 Å². The van der Waals surface area contributed by atoms with E-state index in [-0.39, 0.29) is 6.10 Å². The first-order valence-corrected chi connectivity index (χ1v) is 5.43. The second-order valence-electron chi connectivity index (χ2n) is 4.32. The smallest absolute Gasteiger partial charge is 0.138 e. The lowest BCUT2D eigenvalue weighted by Gasteiger charge is -2.09. The van der Waals surface area contributed by atoms with E-state index in [1.165, 1.54) is 5.57 Å². The van der Waals surface area contributed by atoms with Gasteiger partial charge in [-0.3, -0.25) is 0 Å². The summed E-state index contributed by atoms with van der Waals surface area (Å²) >= 11 is 0. The molecule has 1 aromatic heterocycles. The first-order chi connectivity index (χ1) is 7.16. The lowest BCUT2D eigenvalue weighted by atomic mass is 10.1. The van der Waals surface area contributed by atoms with Gasteiger partial charge in [-0.1, -0.05) is 11.6 Å². The normalized spacial score (nSPS) is 21.1. The Bertz CT molecular complexity index is 368. The predicted octanol–water partition coefficient (Wildman–Crippen LogP) is 1.48. The maximum Gasteiger partial charge on any atom is 0.138 e. The van der Waals surface area contributed by atoms with Gasteiger partial charge in [0.25, 0.3) is 0 Å². The van der Waals surface area contributed by atoms with E-state index in [2.05, 4.69) is 23.9 Å². The molecule has 4 nitrogen and oxygen atoms in total. The van der Waals surface area contributed by atoms with Gasteiger partial charge in [-0.2, -0.15) is 5.10 Å². The van der Waals surface area contributed by atoms with Crippen LogP contribution in [-0.2, 0) is 6.42 Å². The summed E-state index contributed by atoms with van der Waals surface area (Å²) in [5, 5.41) is 13.6. The third-order valence-electron chi connectivity index (χ3n) is 2.71. The Labute approximate surface area is 89.6 Å². The molecule has 4 heteroatoms. The number of allylic oxidation sites excluding steroid dienone is 1. The molecule has 1 unspecified atom stereocenters. The van der Waals surface area contributed by atoms with Crippen molar-refractivity contribution in [3.8, 4) is 0 Å². The minimum atomic E-state index is -0.254. The summed E-state index contributed by atoms with van der Waals surface area (Å²) < 4.78 is 1.94. The summed E-state index contributed by atoms with van der Waals surface area (Å²) in [6.45, 7) is 4.19. The van der Waals surface area contributed by atoms with Crippen molar-refractivity contribution in [3.05, 3.63) is 23.8 Å². The molecule has 1 N–H and O–H groups in total. The number of aliphatic hydroxyl groups excluding tert-OH is 1. The molecule has 0 spiro atoms.